The van der Waals surface area contributed by atoms with Crippen molar-refractivity contribution in [3.8, 4) is 0 Å². The van der Waals surface area contributed by atoms with Gasteiger partial charge in [-0.2, -0.15) is 0 Å². The van der Waals surface area contributed by atoms with Crippen LogP contribution in [0.25, 0.3) is 0 Å². The van der Waals surface area contributed by atoms with Gasteiger partial charge in [-0.1, -0.05) is 0 Å². The van der Waals surface area contributed by atoms with Crippen LogP contribution in [0.15, 0.2) is 29.2 Å². The number of unbranched alkanes of at least 4 members (excludes halogenated alkanes) is 3. The molecule has 0 aromatic heterocycles. The second-order valence-corrected chi connectivity index (χ2v) is 20.5. The zero-order valence-electron chi connectivity index (χ0n) is 14.7. The molecule has 3 heteroatoms. The number of hydrogen-bond donors (Lipinski definition) is 0. The fourth-order valence-corrected chi connectivity index (χ4v) is 23.1. The molecule has 0 saturated carbocycles. The Labute approximate surface area is 146 Å². The van der Waals surface area contributed by atoms with Gasteiger partial charge in [0, 0.05) is 0 Å². The number of nitrogens with zero attached hydrogens (tertiary/aromatic N) is 1. The standard InChI is InChI=1S/C7H6NS.3C4H9.Sn/c1-2-4-7-6(3-1)8-5-9-7;3*1-3-4-2;/h1-4H,5H2;3*1,3-4H2,2H3;/q-1;;;;+1. The van der Waals surface area contributed by atoms with Gasteiger partial charge in [0.1, 0.15) is 0 Å². The Morgan fingerprint density at radius 1 is 0.909 bits per heavy atom. The first-order valence-electron chi connectivity index (χ1n) is 9.27. The SMILES string of the molecule is CCC[CH2][Sn]([CH2]CCC)([CH2]CCC)[N]1CSc2ccccc21. The van der Waals surface area contributed by atoms with E-state index in [1.165, 1.54) is 49.3 Å². The summed E-state index contributed by atoms with van der Waals surface area (Å²) in [6.45, 7) is 7.09. The van der Waals surface area contributed by atoms with Crippen LogP contribution in [0.5, 0.6) is 0 Å². The molecule has 2 rings (SSSR count). The van der Waals surface area contributed by atoms with Gasteiger partial charge >= 0.3 is 147 Å². The van der Waals surface area contributed by atoms with E-state index in [1.807, 2.05) is 0 Å². The summed E-state index contributed by atoms with van der Waals surface area (Å²) in [5, 5.41) is 0. The third-order valence-corrected chi connectivity index (χ3v) is 22.2. The van der Waals surface area contributed by atoms with Crippen LogP contribution in [0.4, 0.5) is 5.69 Å². The summed E-state index contributed by atoms with van der Waals surface area (Å²) in [6.07, 6.45) is 8.44. The van der Waals surface area contributed by atoms with Crippen molar-refractivity contribution in [3.63, 3.8) is 0 Å². The van der Waals surface area contributed by atoms with Gasteiger partial charge in [0.05, 0.1) is 0 Å². The second kappa shape index (κ2) is 9.46. The Morgan fingerprint density at radius 2 is 1.45 bits per heavy atom. The molecule has 22 heavy (non-hydrogen) atoms. The number of fused-ring (bicyclic) bond motifs is 1. The zero-order chi connectivity index (χ0) is 15.8. The molecule has 0 fully saturated rings. The number of hydrogen-bond acceptors (Lipinski definition) is 2. The van der Waals surface area contributed by atoms with Crippen LogP contribution in [0.1, 0.15) is 59.3 Å². The van der Waals surface area contributed by atoms with Crippen LogP contribution in [0.2, 0.25) is 13.3 Å². The van der Waals surface area contributed by atoms with Crippen LogP contribution < -0.4 is 3.12 Å². The van der Waals surface area contributed by atoms with Crippen LogP contribution in [0, 0.1) is 0 Å². The van der Waals surface area contributed by atoms with Gasteiger partial charge in [0.2, 0.25) is 0 Å². The predicted molar refractivity (Wildman–Crippen MR) is 105 cm³/mol. The minimum absolute atomic E-state index is 1.24. The number of rotatable bonds is 10. The van der Waals surface area contributed by atoms with Crippen molar-refractivity contribution in [3.05, 3.63) is 24.3 Å². The Balaban J connectivity index is 2.28. The average molecular weight is 426 g/mol. The normalized spacial score (nSPS) is 14.4. The molecule has 0 spiro atoms. The molecule has 0 N–H and O–H groups in total. The van der Waals surface area contributed by atoms with Crippen LogP contribution >= 0.6 is 11.8 Å². The van der Waals surface area contributed by atoms with E-state index in [0.29, 0.717) is 0 Å². The van der Waals surface area contributed by atoms with Crippen molar-refractivity contribution in [1.29, 1.82) is 0 Å². The van der Waals surface area contributed by atoms with Gasteiger partial charge in [-0.3, -0.25) is 0 Å². The molecule has 1 aromatic rings. The van der Waals surface area contributed by atoms with Crippen molar-refractivity contribution in [2.24, 2.45) is 0 Å². The molecule has 1 aliphatic heterocycles. The summed E-state index contributed by atoms with van der Waals surface area (Å²) >= 11 is -0.181. The fraction of sp³-hybridized carbons (Fsp3) is 0.684. The molecule has 0 saturated heterocycles. The van der Waals surface area contributed by atoms with Crippen molar-refractivity contribution < 1.29 is 0 Å². The molecule has 1 aromatic carbocycles. The topological polar surface area (TPSA) is 3.24 Å². The number of anilines is 1. The monoisotopic (exact) mass is 427 g/mol. The van der Waals surface area contributed by atoms with Gasteiger partial charge in [-0.15, -0.1) is 0 Å². The van der Waals surface area contributed by atoms with Crippen molar-refractivity contribution in [2.45, 2.75) is 77.5 Å². The number of thioether (sulfide) groups is 1. The quantitative estimate of drug-likeness (QED) is 0.375. The van der Waals surface area contributed by atoms with E-state index < -0.39 is 18.7 Å². The Hall–Kier alpha value is 0.169. The van der Waals surface area contributed by atoms with Gasteiger partial charge in [0.15, 0.2) is 0 Å². The summed E-state index contributed by atoms with van der Waals surface area (Å²) in [6, 6.07) is 9.17. The van der Waals surface area contributed by atoms with E-state index in [-0.39, 0.29) is 0 Å². The Kier molecular flexibility index (Phi) is 7.96. The molecule has 0 atom stereocenters. The summed E-state index contributed by atoms with van der Waals surface area (Å²) < 4.78 is 7.69. The van der Waals surface area contributed by atoms with Crippen molar-refractivity contribution in [2.75, 3.05) is 9.00 Å². The Morgan fingerprint density at radius 3 is 2.00 bits per heavy atom. The number of benzene rings is 1. The van der Waals surface area contributed by atoms with Crippen LogP contribution in [-0.2, 0) is 0 Å². The number of para-hydroxylation sites is 1. The van der Waals surface area contributed by atoms with Gasteiger partial charge in [-0.25, -0.2) is 0 Å². The summed E-state index contributed by atoms with van der Waals surface area (Å²) in [5.74, 6) is 1.24. The van der Waals surface area contributed by atoms with E-state index in [4.69, 9.17) is 0 Å². The first-order valence-corrected chi connectivity index (χ1v) is 17.6. The predicted octanol–water partition coefficient (Wildman–Crippen LogP) is 6.90. The van der Waals surface area contributed by atoms with Gasteiger partial charge in [0.25, 0.3) is 0 Å². The Bertz CT molecular complexity index is 427. The van der Waals surface area contributed by atoms with E-state index in [2.05, 4.69) is 59.9 Å². The molecule has 0 amide bonds. The first kappa shape index (κ1) is 18.5. The van der Waals surface area contributed by atoms with E-state index >= 15 is 0 Å². The van der Waals surface area contributed by atoms with Gasteiger partial charge in [-0.05, 0) is 0 Å². The molecule has 0 radical (unpaired) electrons. The molecule has 1 nitrogen and oxygen atoms in total. The van der Waals surface area contributed by atoms with Gasteiger partial charge < -0.3 is 0 Å². The van der Waals surface area contributed by atoms with E-state index in [0.717, 1.165) is 0 Å². The second-order valence-electron chi connectivity index (χ2n) is 6.70. The molecule has 1 heterocycles. The maximum absolute atomic E-state index is 2.98. The van der Waals surface area contributed by atoms with Crippen LogP contribution in [-0.4, -0.2) is 24.5 Å². The van der Waals surface area contributed by atoms with E-state index in [9.17, 15) is 0 Å². The zero-order valence-corrected chi connectivity index (χ0v) is 18.4. The average Bonchev–Trinajstić information content (AvgIpc) is 2.99. The molecule has 0 bridgehead atoms. The molecule has 0 aliphatic carbocycles. The summed E-state index contributed by atoms with van der Waals surface area (Å²) in [7, 11) is 0. The third-order valence-electron chi connectivity index (χ3n) is 5.06. The van der Waals surface area contributed by atoms with Crippen LogP contribution in [0.3, 0.4) is 0 Å². The van der Waals surface area contributed by atoms with Crippen molar-refractivity contribution in [1.82, 2.24) is 0 Å². The first-order chi connectivity index (χ1) is 10.8. The molecular formula is C19H33NSSn. The summed E-state index contributed by atoms with van der Waals surface area (Å²) in [5.41, 5.74) is 1.59. The van der Waals surface area contributed by atoms with Crippen molar-refractivity contribution >= 4 is 36.1 Å². The molecule has 124 valence electrons. The fourth-order valence-electron chi connectivity index (χ4n) is 3.70. The molecular weight excluding hydrogens is 393 g/mol. The minimum atomic E-state index is -2.26. The maximum atomic E-state index is 2.98. The molecule has 1 aliphatic rings. The molecule has 0 unspecified atom stereocenters. The summed E-state index contributed by atoms with van der Waals surface area (Å²) in [4.78, 5) is 1.54. The van der Waals surface area contributed by atoms with E-state index in [1.54, 1.807) is 19.0 Å². The third kappa shape index (κ3) is 4.37.